The molecule has 0 aliphatic rings. The van der Waals surface area contributed by atoms with Crippen LogP contribution in [0, 0.1) is 6.92 Å². The first kappa shape index (κ1) is 13.0. The maximum Gasteiger partial charge on any atom is 0.132 e. The summed E-state index contributed by atoms with van der Waals surface area (Å²) in [4.78, 5) is 2.27. The van der Waals surface area contributed by atoms with E-state index in [1.807, 2.05) is 42.5 Å². The molecule has 0 spiro atoms. The SMILES string of the molecule is COc1ccccc1Sc1ccc(CO)cc1C. The highest BCUT2D eigenvalue weighted by atomic mass is 32.2. The first-order chi connectivity index (χ1) is 8.74. The zero-order valence-electron chi connectivity index (χ0n) is 10.5. The summed E-state index contributed by atoms with van der Waals surface area (Å²) in [5.74, 6) is 0.883. The van der Waals surface area contributed by atoms with E-state index in [9.17, 15) is 0 Å². The van der Waals surface area contributed by atoms with Gasteiger partial charge in [0.1, 0.15) is 5.75 Å². The van der Waals surface area contributed by atoms with Gasteiger partial charge >= 0.3 is 0 Å². The largest absolute Gasteiger partial charge is 0.496 e. The van der Waals surface area contributed by atoms with E-state index in [2.05, 4.69) is 6.92 Å². The molecule has 18 heavy (non-hydrogen) atoms. The summed E-state index contributed by atoms with van der Waals surface area (Å²) in [6, 6.07) is 14.0. The van der Waals surface area contributed by atoms with E-state index in [0.29, 0.717) is 0 Å². The number of rotatable bonds is 4. The van der Waals surface area contributed by atoms with E-state index < -0.39 is 0 Å². The van der Waals surface area contributed by atoms with E-state index in [-0.39, 0.29) is 6.61 Å². The van der Waals surface area contributed by atoms with Gasteiger partial charge in [-0.15, -0.1) is 0 Å². The number of hydrogen-bond acceptors (Lipinski definition) is 3. The zero-order valence-corrected chi connectivity index (χ0v) is 11.3. The summed E-state index contributed by atoms with van der Waals surface area (Å²) in [6.07, 6.45) is 0. The highest BCUT2D eigenvalue weighted by molar-refractivity contribution is 7.99. The van der Waals surface area contributed by atoms with Crippen LogP contribution in [-0.2, 0) is 6.61 Å². The number of aliphatic hydroxyl groups excluding tert-OH is 1. The van der Waals surface area contributed by atoms with Gasteiger partial charge in [-0.2, -0.15) is 0 Å². The molecule has 0 aromatic heterocycles. The van der Waals surface area contributed by atoms with Gasteiger partial charge in [-0.3, -0.25) is 0 Å². The highest BCUT2D eigenvalue weighted by Gasteiger charge is 2.06. The van der Waals surface area contributed by atoms with Crippen molar-refractivity contribution in [3.05, 3.63) is 53.6 Å². The lowest BCUT2D eigenvalue weighted by Gasteiger charge is -2.10. The molecule has 0 aliphatic heterocycles. The van der Waals surface area contributed by atoms with Crippen LogP contribution in [0.15, 0.2) is 52.3 Å². The fourth-order valence-electron chi connectivity index (χ4n) is 1.75. The molecule has 1 N–H and O–H groups in total. The molecule has 2 aromatic rings. The van der Waals surface area contributed by atoms with Gasteiger partial charge < -0.3 is 9.84 Å². The minimum Gasteiger partial charge on any atom is -0.496 e. The number of aliphatic hydroxyl groups is 1. The van der Waals surface area contributed by atoms with Gasteiger partial charge in [0.05, 0.1) is 18.6 Å². The first-order valence-corrected chi connectivity index (χ1v) is 6.57. The second-order valence-electron chi connectivity index (χ2n) is 4.01. The summed E-state index contributed by atoms with van der Waals surface area (Å²) < 4.78 is 5.34. The molecule has 0 amide bonds. The predicted molar refractivity (Wildman–Crippen MR) is 74.2 cm³/mol. The summed E-state index contributed by atoms with van der Waals surface area (Å²) in [5, 5.41) is 9.10. The van der Waals surface area contributed by atoms with Crippen molar-refractivity contribution in [2.75, 3.05) is 7.11 Å². The standard InChI is InChI=1S/C15H16O2S/c1-11-9-12(10-16)7-8-14(11)18-15-6-4-3-5-13(15)17-2/h3-9,16H,10H2,1-2H3. The Morgan fingerprint density at radius 1 is 1.11 bits per heavy atom. The van der Waals surface area contributed by atoms with Gasteiger partial charge in [0, 0.05) is 4.90 Å². The van der Waals surface area contributed by atoms with E-state index in [1.165, 1.54) is 4.90 Å². The Balaban J connectivity index is 2.28. The van der Waals surface area contributed by atoms with Gasteiger partial charge in [-0.25, -0.2) is 0 Å². The third-order valence-corrected chi connectivity index (χ3v) is 3.95. The fourth-order valence-corrected chi connectivity index (χ4v) is 2.74. The van der Waals surface area contributed by atoms with Crippen molar-refractivity contribution in [3.8, 4) is 5.75 Å². The van der Waals surface area contributed by atoms with Crippen LogP contribution in [0.5, 0.6) is 5.75 Å². The molecule has 0 atom stereocenters. The number of methoxy groups -OCH3 is 1. The van der Waals surface area contributed by atoms with Crippen LogP contribution in [-0.4, -0.2) is 12.2 Å². The third-order valence-electron chi connectivity index (χ3n) is 2.71. The predicted octanol–water partition coefficient (Wildman–Crippen LogP) is 3.65. The third kappa shape index (κ3) is 2.86. The van der Waals surface area contributed by atoms with Crippen LogP contribution in [0.1, 0.15) is 11.1 Å². The molecule has 2 nitrogen and oxygen atoms in total. The Morgan fingerprint density at radius 3 is 2.56 bits per heavy atom. The van der Waals surface area contributed by atoms with Crippen molar-refractivity contribution in [2.24, 2.45) is 0 Å². The van der Waals surface area contributed by atoms with Crippen LogP contribution >= 0.6 is 11.8 Å². The lowest BCUT2D eigenvalue weighted by molar-refractivity contribution is 0.281. The molecule has 0 saturated carbocycles. The van der Waals surface area contributed by atoms with Gasteiger partial charge in [0.25, 0.3) is 0 Å². The highest BCUT2D eigenvalue weighted by Crippen LogP contribution is 2.36. The lowest BCUT2D eigenvalue weighted by Crippen LogP contribution is -1.88. The number of para-hydroxylation sites is 1. The molecule has 2 aromatic carbocycles. The number of ether oxygens (including phenoxy) is 1. The van der Waals surface area contributed by atoms with Crippen molar-refractivity contribution in [1.82, 2.24) is 0 Å². The fraction of sp³-hybridized carbons (Fsp3) is 0.200. The second kappa shape index (κ2) is 5.94. The normalized spacial score (nSPS) is 10.4. The Kier molecular flexibility index (Phi) is 4.28. The molecule has 0 radical (unpaired) electrons. The van der Waals surface area contributed by atoms with Crippen molar-refractivity contribution >= 4 is 11.8 Å². The summed E-state index contributed by atoms with van der Waals surface area (Å²) in [6.45, 7) is 2.14. The monoisotopic (exact) mass is 260 g/mol. The molecule has 0 aliphatic carbocycles. The Bertz CT molecular complexity index is 538. The maximum atomic E-state index is 9.10. The maximum absolute atomic E-state index is 9.10. The molecule has 0 saturated heterocycles. The van der Waals surface area contributed by atoms with E-state index in [0.717, 1.165) is 21.8 Å². The summed E-state index contributed by atoms with van der Waals surface area (Å²) >= 11 is 1.68. The van der Waals surface area contributed by atoms with Gasteiger partial charge in [0.15, 0.2) is 0 Å². The van der Waals surface area contributed by atoms with Crippen LogP contribution in [0.4, 0.5) is 0 Å². The van der Waals surface area contributed by atoms with Crippen LogP contribution in [0.2, 0.25) is 0 Å². The molecule has 0 fully saturated rings. The minimum atomic E-state index is 0.0838. The summed E-state index contributed by atoms with van der Waals surface area (Å²) in [5.41, 5.74) is 2.11. The van der Waals surface area contributed by atoms with Crippen LogP contribution < -0.4 is 4.74 Å². The Labute approximate surface area is 112 Å². The molecule has 0 unspecified atom stereocenters. The number of aryl methyl sites for hydroxylation is 1. The van der Waals surface area contributed by atoms with E-state index in [4.69, 9.17) is 9.84 Å². The summed E-state index contributed by atoms with van der Waals surface area (Å²) in [7, 11) is 1.68. The molecule has 2 rings (SSSR count). The topological polar surface area (TPSA) is 29.5 Å². The van der Waals surface area contributed by atoms with Gasteiger partial charge in [-0.05, 0) is 36.2 Å². The molecule has 0 bridgehead atoms. The van der Waals surface area contributed by atoms with E-state index >= 15 is 0 Å². The number of hydrogen-bond donors (Lipinski definition) is 1. The van der Waals surface area contributed by atoms with Gasteiger partial charge in [0.2, 0.25) is 0 Å². The molecular formula is C15H16O2S. The first-order valence-electron chi connectivity index (χ1n) is 5.76. The van der Waals surface area contributed by atoms with Crippen molar-refractivity contribution in [2.45, 2.75) is 23.3 Å². The quantitative estimate of drug-likeness (QED) is 0.910. The molecular weight excluding hydrogens is 244 g/mol. The molecule has 0 heterocycles. The van der Waals surface area contributed by atoms with Crippen LogP contribution in [0.25, 0.3) is 0 Å². The van der Waals surface area contributed by atoms with Crippen LogP contribution in [0.3, 0.4) is 0 Å². The van der Waals surface area contributed by atoms with Crippen molar-refractivity contribution < 1.29 is 9.84 Å². The van der Waals surface area contributed by atoms with Crippen molar-refractivity contribution in [3.63, 3.8) is 0 Å². The minimum absolute atomic E-state index is 0.0838. The number of benzene rings is 2. The average molecular weight is 260 g/mol. The van der Waals surface area contributed by atoms with Gasteiger partial charge in [-0.1, -0.05) is 36.0 Å². The Morgan fingerprint density at radius 2 is 1.89 bits per heavy atom. The average Bonchev–Trinajstić information content (AvgIpc) is 2.41. The zero-order chi connectivity index (χ0) is 13.0. The van der Waals surface area contributed by atoms with E-state index in [1.54, 1.807) is 18.9 Å². The van der Waals surface area contributed by atoms with Crippen molar-refractivity contribution in [1.29, 1.82) is 0 Å². The molecule has 3 heteroatoms. The Hall–Kier alpha value is -1.45. The molecule has 94 valence electrons. The second-order valence-corrected chi connectivity index (χ2v) is 5.09. The smallest absolute Gasteiger partial charge is 0.132 e. The lowest BCUT2D eigenvalue weighted by atomic mass is 10.1.